The van der Waals surface area contributed by atoms with E-state index in [0.717, 1.165) is 16.5 Å². The molecule has 1 amide bonds. The minimum absolute atomic E-state index is 0.0641. The van der Waals surface area contributed by atoms with Crippen molar-refractivity contribution in [2.45, 2.75) is 12.5 Å². The fourth-order valence-electron chi connectivity index (χ4n) is 4.10. The van der Waals surface area contributed by atoms with Crippen molar-refractivity contribution in [3.8, 4) is 5.75 Å². The number of hydrogen-bond acceptors (Lipinski definition) is 5. The van der Waals surface area contributed by atoms with Gasteiger partial charge in [-0.1, -0.05) is 18.2 Å². The van der Waals surface area contributed by atoms with Gasteiger partial charge in [0.15, 0.2) is 0 Å². The number of halogens is 1. The second kappa shape index (κ2) is 9.18. The molecule has 1 fully saturated rings. The van der Waals surface area contributed by atoms with E-state index in [-0.39, 0.29) is 11.3 Å². The first-order chi connectivity index (χ1) is 15.5. The van der Waals surface area contributed by atoms with Crippen LogP contribution in [0.2, 0.25) is 0 Å². The largest absolute Gasteiger partial charge is 0.507 e. The maximum atomic E-state index is 13.1. The zero-order chi connectivity index (χ0) is 22.8. The zero-order valence-corrected chi connectivity index (χ0v) is 19.3. The van der Waals surface area contributed by atoms with Crippen LogP contribution in [0.15, 0.2) is 58.7 Å². The van der Waals surface area contributed by atoms with Crippen LogP contribution >= 0.6 is 15.9 Å². The number of rotatable bonds is 7. The van der Waals surface area contributed by atoms with Crippen LogP contribution in [0.3, 0.4) is 0 Å². The van der Waals surface area contributed by atoms with Crippen LogP contribution in [0.4, 0.5) is 0 Å². The van der Waals surface area contributed by atoms with Crippen molar-refractivity contribution in [3.05, 3.63) is 69.8 Å². The second-order valence-electron chi connectivity index (χ2n) is 7.48. The fourth-order valence-corrected chi connectivity index (χ4v) is 4.64. The molecule has 0 spiro atoms. The molecule has 32 heavy (non-hydrogen) atoms. The smallest absolute Gasteiger partial charge is 0.295 e. The van der Waals surface area contributed by atoms with Crippen molar-refractivity contribution < 1.29 is 24.2 Å². The van der Waals surface area contributed by atoms with Gasteiger partial charge in [0.1, 0.15) is 11.5 Å². The molecule has 1 aliphatic rings. The molecule has 1 aromatic heterocycles. The first-order valence-corrected chi connectivity index (χ1v) is 10.9. The number of methoxy groups -OCH3 is 2. The van der Waals surface area contributed by atoms with Crippen LogP contribution in [0.25, 0.3) is 16.7 Å². The number of likely N-dealkylation sites (tertiary alicyclic amines) is 1. The molecule has 7 nitrogen and oxygen atoms in total. The van der Waals surface area contributed by atoms with E-state index >= 15 is 0 Å². The van der Waals surface area contributed by atoms with Crippen molar-refractivity contribution in [2.75, 3.05) is 27.4 Å². The van der Waals surface area contributed by atoms with Gasteiger partial charge in [-0.3, -0.25) is 9.59 Å². The molecule has 0 radical (unpaired) electrons. The van der Waals surface area contributed by atoms with Gasteiger partial charge in [-0.25, -0.2) is 0 Å². The number of benzene rings is 2. The maximum absolute atomic E-state index is 13.1. The second-order valence-corrected chi connectivity index (χ2v) is 8.33. The van der Waals surface area contributed by atoms with Crippen LogP contribution in [0, 0.1) is 0 Å². The first kappa shape index (κ1) is 22.1. The predicted molar refractivity (Wildman–Crippen MR) is 124 cm³/mol. The lowest BCUT2D eigenvalue weighted by Crippen LogP contribution is -2.31. The van der Waals surface area contributed by atoms with Gasteiger partial charge in [0, 0.05) is 48.5 Å². The molecule has 2 aromatic carbocycles. The summed E-state index contributed by atoms with van der Waals surface area (Å²) in [6.45, 7) is 0.778. The lowest BCUT2D eigenvalue weighted by molar-refractivity contribution is -0.140. The van der Waals surface area contributed by atoms with Crippen LogP contribution in [-0.2, 0) is 14.3 Å². The minimum atomic E-state index is -0.719. The third-order valence-electron chi connectivity index (χ3n) is 5.63. The van der Waals surface area contributed by atoms with Crippen LogP contribution < -0.4 is 4.74 Å². The Hall–Kier alpha value is -3.10. The first-order valence-electron chi connectivity index (χ1n) is 10.1. The summed E-state index contributed by atoms with van der Waals surface area (Å²) >= 11 is 3.41. The number of aromatic amines is 1. The maximum Gasteiger partial charge on any atom is 0.295 e. The number of carbonyl (C=O) groups excluding carboxylic acids is 2. The summed E-state index contributed by atoms with van der Waals surface area (Å²) in [6, 6.07) is 12.0. The summed E-state index contributed by atoms with van der Waals surface area (Å²) in [5.74, 6) is -0.973. The van der Waals surface area contributed by atoms with Crippen LogP contribution in [-0.4, -0.2) is 54.1 Å². The van der Waals surface area contributed by atoms with E-state index in [1.165, 1.54) is 4.90 Å². The third kappa shape index (κ3) is 3.80. The number of para-hydroxylation sites is 1. The average molecular weight is 499 g/mol. The number of amides is 1. The molecule has 1 aliphatic heterocycles. The number of H-pyrrole nitrogens is 1. The lowest BCUT2D eigenvalue weighted by Gasteiger charge is -2.24. The molecule has 1 unspecified atom stereocenters. The van der Waals surface area contributed by atoms with Gasteiger partial charge in [0.25, 0.3) is 11.7 Å². The quantitative estimate of drug-likeness (QED) is 0.218. The summed E-state index contributed by atoms with van der Waals surface area (Å²) in [4.78, 5) is 30.9. The zero-order valence-electron chi connectivity index (χ0n) is 17.7. The van der Waals surface area contributed by atoms with E-state index in [4.69, 9.17) is 9.47 Å². The third-order valence-corrected chi connectivity index (χ3v) is 6.25. The van der Waals surface area contributed by atoms with Crippen molar-refractivity contribution >= 4 is 44.3 Å². The summed E-state index contributed by atoms with van der Waals surface area (Å²) in [5.41, 5.74) is 2.12. The van der Waals surface area contributed by atoms with E-state index < -0.39 is 17.7 Å². The van der Waals surface area contributed by atoms with Gasteiger partial charge in [0.05, 0.1) is 23.2 Å². The molecule has 0 saturated carbocycles. The minimum Gasteiger partial charge on any atom is -0.507 e. The number of carbonyl (C=O) groups is 2. The molecule has 1 saturated heterocycles. The SMILES string of the molecule is COCCCN1C(=O)C(=O)/C(=C(/O)c2ccc(OC)c(Br)c2)C1c1c[nH]c2ccccc12. The Bertz CT molecular complexity index is 1220. The van der Waals surface area contributed by atoms with Gasteiger partial charge in [-0.2, -0.15) is 0 Å². The number of fused-ring (bicyclic) bond motifs is 1. The van der Waals surface area contributed by atoms with Crippen LogP contribution in [0.5, 0.6) is 5.75 Å². The Morgan fingerprint density at radius 3 is 2.69 bits per heavy atom. The number of nitrogens with one attached hydrogen (secondary N) is 1. The highest BCUT2D eigenvalue weighted by Crippen LogP contribution is 2.42. The van der Waals surface area contributed by atoms with Crippen LogP contribution in [0.1, 0.15) is 23.6 Å². The summed E-state index contributed by atoms with van der Waals surface area (Å²) in [6.07, 6.45) is 2.36. The Labute approximate surface area is 193 Å². The Morgan fingerprint density at radius 1 is 1.19 bits per heavy atom. The fraction of sp³-hybridized carbons (Fsp3) is 0.250. The van der Waals surface area contributed by atoms with Gasteiger partial charge < -0.3 is 24.5 Å². The number of nitrogens with zero attached hydrogens (tertiary/aromatic N) is 1. The number of aromatic nitrogens is 1. The van der Waals surface area contributed by atoms with Gasteiger partial charge in [0.2, 0.25) is 0 Å². The lowest BCUT2D eigenvalue weighted by atomic mass is 9.95. The Morgan fingerprint density at radius 2 is 1.97 bits per heavy atom. The molecule has 2 N–H and O–H groups in total. The normalized spacial score (nSPS) is 18.0. The van der Waals surface area contributed by atoms with Crippen molar-refractivity contribution in [3.63, 3.8) is 0 Å². The van der Waals surface area contributed by atoms with Gasteiger partial charge in [-0.15, -0.1) is 0 Å². The molecule has 8 heteroatoms. The van der Waals surface area contributed by atoms with Crippen molar-refractivity contribution in [1.29, 1.82) is 0 Å². The molecule has 3 aromatic rings. The topological polar surface area (TPSA) is 91.9 Å². The molecular weight excluding hydrogens is 476 g/mol. The van der Waals surface area contributed by atoms with E-state index in [9.17, 15) is 14.7 Å². The monoisotopic (exact) mass is 498 g/mol. The molecule has 0 aliphatic carbocycles. The molecule has 4 rings (SSSR count). The standard InChI is InChI=1S/C24H23BrN2O5/c1-31-11-5-10-27-21(16-13-26-18-7-4-3-6-15(16)18)20(23(29)24(27)30)22(28)14-8-9-19(32-2)17(25)12-14/h3-4,6-9,12-13,21,26,28H,5,10-11H2,1-2H3/b22-20+. The van der Waals surface area contributed by atoms with E-state index in [1.807, 2.05) is 24.3 Å². The Kier molecular flexibility index (Phi) is 6.34. The number of Topliss-reactive ketones (excluding diaryl/α,β-unsaturated/α-hetero) is 1. The molecule has 2 heterocycles. The summed E-state index contributed by atoms with van der Waals surface area (Å²) in [5, 5.41) is 12.1. The van der Waals surface area contributed by atoms with Gasteiger partial charge in [-0.05, 0) is 46.6 Å². The van der Waals surface area contributed by atoms with E-state index in [1.54, 1.807) is 38.6 Å². The predicted octanol–water partition coefficient (Wildman–Crippen LogP) is 4.40. The average Bonchev–Trinajstić information content (AvgIpc) is 3.33. The van der Waals surface area contributed by atoms with E-state index in [2.05, 4.69) is 20.9 Å². The van der Waals surface area contributed by atoms with Gasteiger partial charge >= 0.3 is 0 Å². The highest BCUT2D eigenvalue weighted by molar-refractivity contribution is 9.10. The molecule has 166 valence electrons. The highest BCUT2D eigenvalue weighted by atomic mass is 79.9. The molecular formula is C24H23BrN2O5. The summed E-state index contributed by atoms with van der Waals surface area (Å²) < 4.78 is 11.0. The number of hydrogen-bond donors (Lipinski definition) is 2. The molecule has 0 bridgehead atoms. The molecule has 1 atom stereocenters. The van der Waals surface area contributed by atoms with Crippen molar-refractivity contribution in [2.24, 2.45) is 0 Å². The number of ketones is 1. The number of aliphatic hydroxyl groups excluding tert-OH is 1. The number of ether oxygens (including phenoxy) is 2. The highest BCUT2D eigenvalue weighted by Gasteiger charge is 2.46. The Balaban J connectivity index is 1.88. The summed E-state index contributed by atoms with van der Waals surface area (Å²) in [7, 11) is 3.13. The number of aliphatic hydroxyl groups is 1. The van der Waals surface area contributed by atoms with E-state index in [0.29, 0.717) is 35.4 Å². The van der Waals surface area contributed by atoms with Crippen molar-refractivity contribution in [1.82, 2.24) is 9.88 Å².